The minimum atomic E-state index is -0.781. The van der Waals surface area contributed by atoms with Crippen molar-refractivity contribution in [1.82, 2.24) is 19.8 Å². The third kappa shape index (κ3) is 3.38. The summed E-state index contributed by atoms with van der Waals surface area (Å²) < 4.78 is 7.08. The second-order valence-electron chi connectivity index (χ2n) is 7.09. The van der Waals surface area contributed by atoms with Crippen LogP contribution in [0.1, 0.15) is 59.1 Å². The first-order valence-corrected chi connectivity index (χ1v) is 9.08. The van der Waals surface area contributed by atoms with Crippen LogP contribution in [0.2, 0.25) is 0 Å². The van der Waals surface area contributed by atoms with Gasteiger partial charge in [0.2, 0.25) is 5.76 Å². The van der Waals surface area contributed by atoms with E-state index in [1.165, 1.54) is 0 Å². The van der Waals surface area contributed by atoms with E-state index in [1.807, 2.05) is 54.9 Å². The summed E-state index contributed by atoms with van der Waals surface area (Å²) in [5, 5.41) is 19.0. The van der Waals surface area contributed by atoms with E-state index in [0.29, 0.717) is 25.3 Å². The highest BCUT2D eigenvalue weighted by molar-refractivity contribution is 5.91. The molecule has 0 bridgehead atoms. The summed E-state index contributed by atoms with van der Waals surface area (Å²) in [5.41, 5.74) is 3.05. The average Bonchev–Trinajstić information content (AvgIpc) is 3.34. The summed E-state index contributed by atoms with van der Waals surface area (Å²) in [5.74, 6) is 0.295. The van der Waals surface area contributed by atoms with Gasteiger partial charge < -0.3 is 14.5 Å². The molecule has 1 aromatic carbocycles. The topological polar surface area (TPSA) is 84.4 Å². The van der Waals surface area contributed by atoms with Gasteiger partial charge in [-0.05, 0) is 17.5 Å². The summed E-state index contributed by atoms with van der Waals surface area (Å²) in [6.07, 6.45) is -0.781. The Kier molecular flexibility index (Phi) is 4.53. The van der Waals surface area contributed by atoms with E-state index >= 15 is 0 Å². The standard InChI is InChI=1S/C20H22N4O3/c1-13(2)16-11-18(27-22-16)20(26)23-8-9-24-15(12-23)10-17(21-24)19(25)14-6-4-3-5-7-14/h3-7,10-11,13,19,25H,8-9,12H2,1-2H3. The molecule has 140 valence electrons. The van der Waals surface area contributed by atoms with Crippen molar-refractivity contribution in [3.8, 4) is 0 Å². The van der Waals surface area contributed by atoms with Crippen LogP contribution in [-0.4, -0.2) is 37.4 Å². The molecule has 0 saturated heterocycles. The Balaban J connectivity index is 1.51. The third-order valence-corrected chi connectivity index (χ3v) is 4.83. The summed E-state index contributed by atoms with van der Waals surface area (Å²) in [4.78, 5) is 14.4. The van der Waals surface area contributed by atoms with Crippen molar-refractivity contribution >= 4 is 5.91 Å². The van der Waals surface area contributed by atoms with E-state index in [0.717, 1.165) is 17.0 Å². The number of hydrogen-bond acceptors (Lipinski definition) is 5. The van der Waals surface area contributed by atoms with E-state index in [9.17, 15) is 9.90 Å². The molecule has 1 amide bonds. The maximum absolute atomic E-state index is 12.7. The maximum atomic E-state index is 12.7. The fourth-order valence-electron chi connectivity index (χ4n) is 3.22. The highest BCUT2D eigenvalue weighted by Crippen LogP contribution is 2.24. The number of aliphatic hydroxyl groups is 1. The third-order valence-electron chi connectivity index (χ3n) is 4.83. The highest BCUT2D eigenvalue weighted by atomic mass is 16.5. The molecule has 4 rings (SSSR count). The van der Waals surface area contributed by atoms with Crippen LogP contribution in [0.25, 0.3) is 0 Å². The van der Waals surface area contributed by atoms with Gasteiger partial charge in [-0.15, -0.1) is 0 Å². The van der Waals surface area contributed by atoms with Crippen molar-refractivity contribution in [2.24, 2.45) is 0 Å². The van der Waals surface area contributed by atoms with E-state index in [-0.39, 0.29) is 17.6 Å². The highest BCUT2D eigenvalue weighted by Gasteiger charge is 2.27. The number of carbonyl (C=O) groups is 1. The van der Waals surface area contributed by atoms with E-state index < -0.39 is 6.10 Å². The average molecular weight is 366 g/mol. The largest absolute Gasteiger partial charge is 0.382 e. The molecule has 0 saturated carbocycles. The van der Waals surface area contributed by atoms with Crippen molar-refractivity contribution in [2.75, 3.05) is 6.54 Å². The van der Waals surface area contributed by atoms with Gasteiger partial charge in [0, 0.05) is 12.6 Å². The Morgan fingerprint density at radius 3 is 2.63 bits per heavy atom. The first-order chi connectivity index (χ1) is 13.0. The van der Waals surface area contributed by atoms with Crippen molar-refractivity contribution < 1.29 is 14.4 Å². The summed E-state index contributed by atoms with van der Waals surface area (Å²) in [7, 11) is 0. The second-order valence-corrected chi connectivity index (χ2v) is 7.09. The lowest BCUT2D eigenvalue weighted by molar-refractivity contribution is 0.0663. The van der Waals surface area contributed by atoms with Crippen molar-refractivity contribution in [3.05, 3.63) is 70.9 Å². The first-order valence-electron chi connectivity index (χ1n) is 9.08. The van der Waals surface area contributed by atoms with Crippen LogP contribution in [0.4, 0.5) is 0 Å². The molecular weight excluding hydrogens is 344 g/mol. The molecule has 2 aromatic heterocycles. The zero-order chi connectivity index (χ0) is 19.0. The first kappa shape index (κ1) is 17.5. The summed E-state index contributed by atoms with van der Waals surface area (Å²) in [6.45, 7) is 5.54. The van der Waals surface area contributed by atoms with Crippen LogP contribution in [0.15, 0.2) is 47.0 Å². The molecule has 0 aliphatic carbocycles. The Bertz CT molecular complexity index is 945. The van der Waals surface area contributed by atoms with Gasteiger partial charge in [-0.3, -0.25) is 9.48 Å². The lowest BCUT2D eigenvalue weighted by Gasteiger charge is -2.26. The van der Waals surface area contributed by atoms with Crippen LogP contribution >= 0.6 is 0 Å². The minimum absolute atomic E-state index is 0.174. The monoisotopic (exact) mass is 366 g/mol. The number of fused-ring (bicyclic) bond motifs is 1. The molecule has 1 aliphatic heterocycles. The molecular formula is C20H22N4O3. The number of aromatic nitrogens is 3. The van der Waals surface area contributed by atoms with Crippen LogP contribution < -0.4 is 0 Å². The predicted octanol–water partition coefficient (Wildman–Crippen LogP) is 2.73. The Morgan fingerprint density at radius 1 is 1.15 bits per heavy atom. The number of rotatable bonds is 4. The number of hydrogen-bond donors (Lipinski definition) is 1. The normalized spacial score (nSPS) is 15.0. The minimum Gasteiger partial charge on any atom is -0.382 e. The van der Waals surface area contributed by atoms with Gasteiger partial charge in [0.25, 0.3) is 5.91 Å². The molecule has 1 aliphatic rings. The van der Waals surface area contributed by atoms with Crippen molar-refractivity contribution in [3.63, 3.8) is 0 Å². The molecule has 0 fully saturated rings. The Morgan fingerprint density at radius 2 is 1.93 bits per heavy atom. The number of aliphatic hydroxyl groups excluding tert-OH is 1. The smallest absolute Gasteiger partial charge is 0.292 e. The fourth-order valence-corrected chi connectivity index (χ4v) is 3.22. The number of benzene rings is 1. The molecule has 0 spiro atoms. The van der Waals surface area contributed by atoms with Gasteiger partial charge in [0.05, 0.1) is 30.2 Å². The van der Waals surface area contributed by atoms with Gasteiger partial charge >= 0.3 is 0 Å². The Hall–Kier alpha value is -2.93. The van der Waals surface area contributed by atoms with E-state index in [4.69, 9.17) is 4.52 Å². The van der Waals surface area contributed by atoms with Gasteiger partial charge in [0.1, 0.15) is 6.10 Å². The number of nitrogens with zero attached hydrogens (tertiary/aromatic N) is 4. The molecule has 1 N–H and O–H groups in total. The fraction of sp³-hybridized carbons (Fsp3) is 0.350. The van der Waals surface area contributed by atoms with Gasteiger partial charge in [-0.25, -0.2) is 0 Å². The molecule has 1 atom stereocenters. The quantitative estimate of drug-likeness (QED) is 0.767. The lowest BCUT2D eigenvalue weighted by Crippen LogP contribution is -2.38. The molecule has 3 aromatic rings. The van der Waals surface area contributed by atoms with E-state index in [1.54, 1.807) is 11.0 Å². The number of carbonyl (C=O) groups excluding carboxylic acids is 1. The zero-order valence-corrected chi connectivity index (χ0v) is 15.4. The van der Waals surface area contributed by atoms with Crippen LogP contribution in [0.3, 0.4) is 0 Å². The zero-order valence-electron chi connectivity index (χ0n) is 15.4. The summed E-state index contributed by atoms with van der Waals surface area (Å²) in [6, 6.07) is 13.0. The van der Waals surface area contributed by atoms with Crippen LogP contribution in [0.5, 0.6) is 0 Å². The number of amides is 1. The molecule has 1 unspecified atom stereocenters. The SMILES string of the molecule is CC(C)c1cc(C(=O)N2CCn3nc(C(O)c4ccccc4)cc3C2)on1. The Labute approximate surface area is 157 Å². The molecule has 3 heterocycles. The molecule has 7 nitrogen and oxygen atoms in total. The van der Waals surface area contributed by atoms with Crippen molar-refractivity contribution in [2.45, 2.75) is 39.0 Å². The van der Waals surface area contributed by atoms with Crippen LogP contribution in [-0.2, 0) is 13.1 Å². The predicted molar refractivity (Wildman–Crippen MR) is 98.1 cm³/mol. The van der Waals surface area contributed by atoms with Crippen LogP contribution in [0, 0.1) is 0 Å². The molecule has 27 heavy (non-hydrogen) atoms. The van der Waals surface area contributed by atoms with Gasteiger partial charge in [-0.2, -0.15) is 5.10 Å². The van der Waals surface area contributed by atoms with Crippen molar-refractivity contribution in [1.29, 1.82) is 0 Å². The van der Waals surface area contributed by atoms with Gasteiger partial charge in [-0.1, -0.05) is 49.3 Å². The van der Waals surface area contributed by atoms with E-state index in [2.05, 4.69) is 10.3 Å². The summed E-state index contributed by atoms with van der Waals surface area (Å²) >= 11 is 0. The molecule has 0 radical (unpaired) electrons. The maximum Gasteiger partial charge on any atom is 0.292 e. The van der Waals surface area contributed by atoms with Gasteiger partial charge in [0.15, 0.2) is 0 Å². The molecule has 7 heteroatoms. The second kappa shape index (κ2) is 7.00. The lowest BCUT2D eigenvalue weighted by atomic mass is 10.1.